The maximum Gasteiger partial charge on any atom is 0.287 e. The molecule has 1 unspecified atom stereocenters. The van der Waals surface area contributed by atoms with E-state index < -0.39 is 0 Å². The van der Waals surface area contributed by atoms with Gasteiger partial charge in [-0.2, -0.15) is 0 Å². The minimum atomic E-state index is -0.321. The highest BCUT2D eigenvalue weighted by molar-refractivity contribution is 5.93. The van der Waals surface area contributed by atoms with Gasteiger partial charge in [0.2, 0.25) is 5.91 Å². The second-order valence-corrected chi connectivity index (χ2v) is 4.45. The van der Waals surface area contributed by atoms with Crippen LogP contribution >= 0.6 is 0 Å². The molecule has 0 aliphatic carbocycles. The maximum absolute atomic E-state index is 12.0. The van der Waals surface area contributed by atoms with E-state index in [1.807, 2.05) is 37.3 Å². The van der Waals surface area contributed by atoms with Gasteiger partial charge in [0.05, 0.1) is 6.04 Å². The molecule has 104 valence electrons. The molecule has 1 aromatic heterocycles. The molecule has 2 N–H and O–H groups in total. The molecule has 1 aromatic carbocycles. The van der Waals surface area contributed by atoms with Crippen LogP contribution in [0.2, 0.25) is 0 Å². The Morgan fingerprint density at radius 3 is 2.45 bits per heavy atom. The van der Waals surface area contributed by atoms with Crippen LogP contribution in [0.15, 0.2) is 46.9 Å². The van der Waals surface area contributed by atoms with Crippen LogP contribution in [0.1, 0.15) is 36.0 Å². The van der Waals surface area contributed by atoms with Gasteiger partial charge in [-0.25, -0.2) is 0 Å². The van der Waals surface area contributed by atoms with Crippen molar-refractivity contribution in [1.82, 2.24) is 5.32 Å². The third kappa shape index (κ3) is 3.47. The summed E-state index contributed by atoms with van der Waals surface area (Å²) in [5, 5.41) is 5.31. The molecule has 1 heterocycles. The predicted octanol–water partition coefficient (Wildman–Crippen LogP) is 2.73. The zero-order chi connectivity index (χ0) is 14.5. The summed E-state index contributed by atoms with van der Waals surface area (Å²) in [7, 11) is 0. The highest BCUT2D eigenvalue weighted by Crippen LogP contribution is 2.16. The molecule has 2 rings (SSSR count). The molecule has 0 saturated heterocycles. The van der Waals surface area contributed by atoms with E-state index in [1.54, 1.807) is 6.07 Å². The van der Waals surface area contributed by atoms with Gasteiger partial charge in [-0.1, -0.05) is 30.3 Å². The van der Waals surface area contributed by atoms with E-state index in [1.165, 1.54) is 13.0 Å². The van der Waals surface area contributed by atoms with Crippen molar-refractivity contribution in [2.45, 2.75) is 19.9 Å². The molecule has 0 aliphatic heterocycles. The molecule has 5 nitrogen and oxygen atoms in total. The molecule has 0 spiro atoms. The average molecular weight is 272 g/mol. The van der Waals surface area contributed by atoms with E-state index in [0.717, 1.165) is 5.56 Å². The van der Waals surface area contributed by atoms with Gasteiger partial charge in [0.1, 0.15) is 0 Å². The zero-order valence-electron chi connectivity index (χ0n) is 11.3. The van der Waals surface area contributed by atoms with Crippen molar-refractivity contribution in [1.29, 1.82) is 0 Å². The summed E-state index contributed by atoms with van der Waals surface area (Å²) in [6.45, 7) is 3.27. The fourth-order valence-corrected chi connectivity index (χ4v) is 1.79. The molecule has 1 atom stereocenters. The number of amides is 2. The average Bonchev–Trinajstić information content (AvgIpc) is 2.87. The first-order valence-corrected chi connectivity index (χ1v) is 6.29. The number of hydrogen-bond donors (Lipinski definition) is 2. The quantitative estimate of drug-likeness (QED) is 0.899. The SMILES string of the molecule is CC(=O)Nc1ccc(C(=O)NC(C)c2ccccc2)o1. The molecule has 2 amide bonds. The molecular weight excluding hydrogens is 256 g/mol. The van der Waals surface area contributed by atoms with E-state index in [0.29, 0.717) is 0 Å². The number of carbonyl (C=O) groups is 2. The Morgan fingerprint density at radius 2 is 1.80 bits per heavy atom. The Morgan fingerprint density at radius 1 is 1.10 bits per heavy atom. The van der Waals surface area contributed by atoms with Crippen LogP contribution in [-0.4, -0.2) is 11.8 Å². The zero-order valence-corrected chi connectivity index (χ0v) is 11.3. The molecule has 0 saturated carbocycles. The normalized spacial score (nSPS) is 11.7. The van der Waals surface area contributed by atoms with Gasteiger partial charge >= 0.3 is 0 Å². The lowest BCUT2D eigenvalue weighted by Gasteiger charge is -2.12. The van der Waals surface area contributed by atoms with Crippen LogP contribution in [0, 0.1) is 0 Å². The molecule has 0 bridgehead atoms. The molecule has 0 aliphatic rings. The Bertz CT molecular complexity index is 605. The minimum Gasteiger partial charge on any atom is -0.435 e. The lowest BCUT2D eigenvalue weighted by Crippen LogP contribution is -2.26. The summed E-state index contributed by atoms with van der Waals surface area (Å²) in [6, 6.07) is 12.6. The Labute approximate surface area is 117 Å². The summed E-state index contributed by atoms with van der Waals surface area (Å²) in [5.41, 5.74) is 1.01. The van der Waals surface area contributed by atoms with Crippen LogP contribution in [0.5, 0.6) is 0 Å². The second-order valence-electron chi connectivity index (χ2n) is 4.45. The number of nitrogens with one attached hydrogen (secondary N) is 2. The van der Waals surface area contributed by atoms with Crippen LogP contribution < -0.4 is 10.6 Å². The molecule has 0 fully saturated rings. The van der Waals surface area contributed by atoms with Gasteiger partial charge in [0.15, 0.2) is 11.6 Å². The summed E-state index contributed by atoms with van der Waals surface area (Å²) in [5.74, 6) is -0.145. The molecular formula is C15H16N2O3. The van der Waals surface area contributed by atoms with Crippen molar-refractivity contribution in [2.24, 2.45) is 0 Å². The Balaban J connectivity index is 2.01. The van der Waals surface area contributed by atoms with Crippen LogP contribution in [0.25, 0.3) is 0 Å². The van der Waals surface area contributed by atoms with Crippen molar-refractivity contribution >= 4 is 17.7 Å². The van der Waals surface area contributed by atoms with Gasteiger partial charge in [0.25, 0.3) is 5.91 Å². The first-order valence-electron chi connectivity index (χ1n) is 6.29. The number of anilines is 1. The third-order valence-corrected chi connectivity index (χ3v) is 2.78. The van der Waals surface area contributed by atoms with Crippen molar-refractivity contribution in [2.75, 3.05) is 5.32 Å². The number of hydrogen-bond acceptors (Lipinski definition) is 3. The Kier molecular flexibility index (Phi) is 4.20. The predicted molar refractivity (Wildman–Crippen MR) is 75.3 cm³/mol. The van der Waals surface area contributed by atoms with Crippen molar-refractivity contribution in [3.8, 4) is 0 Å². The van der Waals surface area contributed by atoms with Crippen molar-refractivity contribution in [3.63, 3.8) is 0 Å². The molecule has 2 aromatic rings. The van der Waals surface area contributed by atoms with Crippen molar-refractivity contribution in [3.05, 3.63) is 53.8 Å². The second kappa shape index (κ2) is 6.06. The molecule has 5 heteroatoms. The van der Waals surface area contributed by atoms with Crippen LogP contribution in [-0.2, 0) is 4.79 Å². The highest BCUT2D eigenvalue weighted by atomic mass is 16.4. The number of benzene rings is 1. The lowest BCUT2D eigenvalue weighted by atomic mass is 10.1. The minimum absolute atomic E-state index is 0.127. The Hall–Kier alpha value is -2.56. The van der Waals surface area contributed by atoms with Gasteiger partial charge in [-0.05, 0) is 18.6 Å². The fraction of sp³-hybridized carbons (Fsp3) is 0.200. The summed E-state index contributed by atoms with van der Waals surface area (Å²) >= 11 is 0. The highest BCUT2D eigenvalue weighted by Gasteiger charge is 2.15. The third-order valence-electron chi connectivity index (χ3n) is 2.78. The molecule has 0 radical (unpaired) electrons. The largest absolute Gasteiger partial charge is 0.435 e. The topological polar surface area (TPSA) is 71.3 Å². The van der Waals surface area contributed by atoms with Gasteiger partial charge in [-0.15, -0.1) is 0 Å². The summed E-state index contributed by atoms with van der Waals surface area (Å²) < 4.78 is 5.25. The van der Waals surface area contributed by atoms with Crippen molar-refractivity contribution < 1.29 is 14.0 Å². The van der Waals surface area contributed by atoms with Crippen LogP contribution in [0.3, 0.4) is 0 Å². The summed E-state index contributed by atoms with van der Waals surface area (Å²) in [6.07, 6.45) is 0. The lowest BCUT2D eigenvalue weighted by molar-refractivity contribution is -0.114. The van der Waals surface area contributed by atoms with Gasteiger partial charge in [0, 0.05) is 13.0 Å². The maximum atomic E-state index is 12.0. The molecule has 20 heavy (non-hydrogen) atoms. The monoisotopic (exact) mass is 272 g/mol. The number of furan rings is 1. The van der Waals surface area contributed by atoms with E-state index in [9.17, 15) is 9.59 Å². The fourth-order valence-electron chi connectivity index (χ4n) is 1.79. The smallest absolute Gasteiger partial charge is 0.287 e. The summed E-state index contributed by atoms with van der Waals surface area (Å²) in [4.78, 5) is 22.9. The number of rotatable bonds is 4. The van der Waals surface area contributed by atoms with Gasteiger partial charge in [-0.3, -0.25) is 14.9 Å². The first-order chi connectivity index (χ1) is 9.56. The van der Waals surface area contributed by atoms with Crippen LogP contribution in [0.4, 0.5) is 5.88 Å². The van der Waals surface area contributed by atoms with E-state index in [4.69, 9.17) is 4.42 Å². The van der Waals surface area contributed by atoms with E-state index in [2.05, 4.69) is 10.6 Å². The van der Waals surface area contributed by atoms with Gasteiger partial charge < -0.3 is 9.73 Å². The first kappa shape index (κ1) is 13.9. The number of carbonyl (C=O) groups excluding carboxylic acids is 2. The van der Waals surface area contributed by atoms with E-state index >= 15 is 0 Å². The standard InChI is InChI=1S/C15H16N2O3/c1-10(12-6-4-3-5-7-12)16-15(19)13-8-9-14(20-13)17-11(2)18/h3-10H,1-2H3,(H,16,19)(H,17,18). The van der Waals surface area contributed by atoms with E-state index in [-0.39, 0.29) is 29.5 Å².